The number of hydrogen-bond donors (Lipinski definition) is 1. The summed E-state index contributed by atoms with van der Waals surface area (Å²) in [6.45, 7) is 3.98. The molecule has 0 heterocycles. The maximum atomic E-state index is 13.2. The van der Waals surface area contributed by atoms with Crippen molar-refractivity contribution in [3.63, 3.8) is 0 Å². The van der Waals surface area contributed by atoms with Gasteiger partial charge in [-0.3, -0.25) is 0 Å². The normalized spacial score (nSPS) is 12.4. The van der Waals surface area contributed by atoms with Crippen molar-refractivity contribution in [3.8, 4) is 5.75 Å². The Bertz CT molecular complexity index is 307. The monoisotopic (exact) mass is 227 g/mol. The lowest BCUT2D eigenvalue weighted by Gasteiger charge is -2.15. The van der Waals surface area contributed by atoms with E-state index in [2.05, 4.69) is 5.32 Å². The van der Waals surface area contributed by atoms with Gasteiger partial charge < -0.3 is 14.8 Å². The van der Waals surface area contributed by atoms with Crippen LogP contribution in [0.2, 0.25) is 0 Å². The van der Waals surface area contributed by atoms with Crippen LogP contribution in [0.1, 0.15) is 6.92 Å². The Labute approximate surface area is 95.6 Å². The van der Waals surface area contributed by atoms with Gasteiger partial charge >= 0.3 is 0 Å². The molecule has 0 aromatic heterocycles. The van der Waals surface area contributed by atoms with Gasteiger partial charge in [-0.1, -0.05) is 12.1 Å². The van der Waals surface area contributed by atoms with Crippen molar-refractivity contribution >= 4 is 0 Å². The van der Waals surface area contributed by atoms with Crippen LogP contribution >= 0.6 is 0 Å². The summed E-state index contributed by atoms with van der Waals surface area (Å²) in [6.07, 6.45) is -0.0752. The molecular weight excluding hydrogens is 209 g/mol. The average Bonchev–Trinajstić information content (AvgIpc) is 2.28. The average molecular weight is 227 g/mol. The van der Waals surface area contributed by atoms with E-state index < -0.39 is 0 Å². The molecule has 1 aromatic carbocycles. The zero-order chi connectivity index (χ0) is 11.8. The summed E-state index contributed by atoms with van der Waals surface area (Å²) in [5, 5.41) is 3.15. The van der Waals surface area contributed by atoms with Gasteiger partial charge in [0, 0.05) is 20.2 Å². The van der Waals surface area contributed by atoms with Crippen LogP contribution in [0, 0.1) is 5.82 Å². The van der Waals surface area contributed by atoms with Gasteiger partial charge in [0.15, 0.2) is 11.6 Å². The van der Waals surface area contributed by atoms with E-state index in [0.717, 1.165) is 6.54 Å². The molecule has 1 aromatic rings. The van der Waals surface area contributed by atoms with Gasteiger partial charge in [0.05, 0.1) is 6.61 Å². The van der Waals surface area contributed by atoms with Crippen LogP contribution in [0.25, 0.3) is 0 Å². The Kier molecular flexibility index (Phi) is 5.82. The molecule has 1 rings (SSSR count). The van der Waals surface area contributed by atoms with E-state index in [1.165, 1.54) is 6.07 Å². The van der Waals surface area contributed by atoms with Gasteiger partial charge in [-0.2, -0.15) is 0 Å². The molecule has 0 aliphatic heterocycles. The highest BCUT2D eigenvalue weighted by molar-refractivity contribution is 5.23. The van der Waals surface area contributed by atoms with Gasteiger partial charge in [0.25, 0.3) is 0 Å². The lowest BCUT2D eigenvalue weighted by atomic mass is 10.3. The Morgan fingerprint density at radius 3 is 2.81 bits per heavy atom. The molecule has 16 heavy (non-hydrogen) atoms. The number of hydrogen-bond acceptors (Lipinski definition) is 3. The van der Waals surface area contributed by atoms with Gasteiger partial charge in [-0.05, 0) is 19.1 Å². The fourth-order valence-electron chi connectivity index (χ4n) is 1.28. The van der Waals surface area contributed by atoms with Crippen molar-refractivity contribution in [2.75, 3.05) is 26.8 Å². The van der Waals surface area contributed by atoms with Crippen molar-refractivity contribution in [1.29, 1.82) is 0 Å². The van der Waals surface area contributed by atoms with Crippen LogP contribution < -0.4 is 10.1 Å². The maximum Gasteiger partial charge on any atom is 0.165 e. The van der Waals surface area contributed by atoms with Gasteiger partial charge in [0.2, 0.25) is 0 Å². The fourth-order valence-corrected chi connectivity index (χ4v) is 1.28. The molecule has 0 radical (unpaired) electrons. The third-order valence-electron chi connectivity index (χ3n) is 2.08. The fraction of sp³-hybridized carbons (Fsp3) is 0.500. The molecule has 1 atom stereocenters. The van der Waals surface area contributed by atoms with Crippen LogP contribution in [-0.4, -0.2) is 32.9 Å². The van der Waals surface area contributed by atoms with Crippen molar-refractivity contribution in [3.05, 3.63) is 30.1 Å². The van der Waals surface area contributed by atoms with Gasteiger partial charge in [0.1, 0.15) is 6.10 Å². The first kappa shape index (κ1) is 12.9. The Morgan fingerprint density at radius 1 is 1.38 bits per heavy atom. The number of methoxy groups -OCH3 is 1. The summed E-state index contributed by atoms with van der Waals surface area (Å²) >= 11 is 0. The quantitative estimate of drug-likeness (QED) is 0.721. The summed E-state index contributed by atoms with van der Waals surface area (Å²) in [5.41, 5.74) is 0. The molecule has 0 aliphatic rings. The van der Waals surface area contributed by atoms with E-state index in [1.54, 1.807) is 25.3 Å². The minimum absolute atomic E-state index is 0.0752. The second-order valence-corrected chi connectivity index (χ2v) is 3.56. The second-order valence-electron chi connectivity index (χ2n) is 3.56. The molecule has 3 nitrogen and oxygen atoms in total. The third kappa shape index (κ3) is 4.59. The number of para-hydroxylation sites is 1. The highest BCUT2D eigenvalue weighted by Gasteiger charge is 2.06. The van der Waals surface area contributed by atoms with Gasteiger partial charge in [-0.25, -0.2) is 4.39 Å². The molecule has 0 fully saturated rings. The summed E-state index contributed by atoms with van der Waals surface area (Å²) in [6, 6.07) is 6.41. The van der Waals surface area contributed by atoms with Crippen molar-refractivity contribution < 1.29 is 13.9 Å². The predicted octanol–water partition coefficient (Wildman–Crippen LogP) is 1.83. The first-order chi connectivity index (χ1) is 7.74. The second kappa shape index (κ2) is 7.19. The third-order valence-corrected chi connectivity index (χ3v) is 2.08. The molecule has 1 unspecified atom stereocenters. The van der Waals surface area contributed by atoms with Crippen molar-refractivity contribution in [2.45, 2.75) is 13.0 Å². The van der Waals surface area contributed by atoms with E-state index in [-0.39, 0.29) is 11.9 Å². The van der Waals surface area contributed by atoms with Crippen LogP contribution in [0.5, 0.6) is 5.75 Å². The summed E-state index contributed by atoms with van der Waals surface area (Å²) < 4.78 is 23.6. The standard InChI is InChI=1S/C12H18FNO2/c1-10(9-14-7-8-15-2)16-12-6-4-3-5-11(12)13/h3-6,10,14H,7-9H2,1-2H3. The predicted molar refractivity (Wildman–Crippen MR) is 61.2 cm³/mol. The molecule has 0 aliphatic carbocycles. The lowest BCUT2D eigenvalue weighted by Crippen LogP contribution is -2.31. The molecule has 1 N–H and O–H groups in total. The minimum Gasteiger partial charge on any atom is -0.486 e. The first-order valence-electron chi connectivity index (χ1n) is 5.35. The summed E-state index contributed by atoms with van der Waals surface area (Å²) in [4.78, 5) is 0. The van der Waals surface area contributed by atoms with Crippen LogP contribution in [0.15, 0.2) is 24.3 Å². The summed E-state index contributed by atoms with van der Waals surface area (Å²) in [5.74, 6) is -0.0326. The highest BCUT2D eigenvalue weighted by atomic mass is 19.1. The number of nitrogens with one attached hydrogen (secondary N) is 1. The van der Waals surface area contributed by atoms with E-state index >= 15 is 0 Å². The molecule has 0 bridgehead atoms. The highest BCUT2D eigenvalue weighted by Crippen LogP contribution is 2.16. The Hall–Kier alpha value is -1.13. The SMILES string of the molecule is COCCNCC(C)Oc1ccccc1F. The smallest absolute Gasteiger partial charge is 0.165 e. The number of halogens is 1. The molecule has 0 spiro atoms. The number of rotatable bonds is 7. The van der Waals surface area contributed by atoms with E-state index in [9.17, 15) is 4.39 Å². The zero-order valence-corrected chi connectivity index (χ0v) is 9.70. The molecule has 0 saturated carbocycles. The number of ether oxygens (including phenoxy) is 2. The van der Waals surface area contributed by atoms with E-state index in [1.807, 2.05) is 6.92 Å². The molecule has 0 amide bonds. The van der Waals surface area contributed by atoms with Crippen molar-refractivity contribution in [1.82, 2.24) is 5.32 Å². The molecular formula is C12H18FNO2. The van der Waals surface area contributed by atoms with Crippen LogP contribution in [0.3, 0.4) is 0 Å². The van der Waals surface area contributed by atoms with E-state index in [0.29, 0.717) is 18.9 Å². The Morgan fingerprint density at radius 2 is 2.12 bits per heavy atom. The van der Waals surface area contributed by atoms with Crippen LogP contribution in [-0.2, 0) is 4.74 Å². The summed E-state index contributed by atoms with van der Waals surface area (Å²) in [7, 11) is 1.65. The number of benzene rings is 1. The molecule has 90 valence electrons. The molecule has 4 heteroatoms. The van der Waals surface area contributed by atoms with Crippen LogP contribution in [0.4, 0.5) is 4.39 Å². The lowest BCUT2D eigenvalue weighted by molar-refractivity contribution is 0.181. The zero-order valence-electron chi connectivity index (χ0n) is 9.70. The maximum absolute atomic E-state index is 13.2. The first-order valence-corrected chi connectivity index (χ1v) is 5.35. The Balaban J connectivity index is 2.28. The topological polar surface area (TPSA) is 30.5 Å². The van der Waals surface area contributed by atoms with Gasteiger partial charge in [-0.15, -0.1) is 0 Å². The van der Waals surface area contributed by atoms with E-state index in [4.69, 9.17) is 9.47 Å². The molecule has 0 saturated heterocycles. The minimum atomic E-state index is -0.328. The van der Waals surface area contributed by atoms with Crippen molar-refractivity contribution in [2.24, 2.45) is 0 Å². The largest absolute Gasteiger partial charge is 0.486 e.